The summed E-state index contributed by atoms with van der Waals surface area (Å²) in [6.07, 6.45) is 10.2. The zero-order valence-electron chi connectivity index (χ0n) is 31.3. The van der Waals surface area contributed by atoms with Crippen LogP contribution in [0.15, 0.2) is 81.8 Å². The number of nitrogens with zero attached hydrogens (tertiary/aromatic N) is 2. The van der Waals surface area contributed by atoms with Crippen molar-refractivity contribution in [3.8, 4) is 0 Å². The summed E-state index contributed by atoms with van der Waals surface area (Å²) in [5.41, 5.74) is 1.85. The number of fused-ring (bicyclic) bond motifs is 2. The summed E-state index contributed by atoms with van der Waals surface area (Å²) in [6.45, 7) is 8.45. The van der Waals surface area contributed by atoms with E-state index >= 15 is 0 Å². The molecule has 55 heavy (non-hydrogen) atoms. The molecular formula is C32H33I2N2Na3O12S4. The molecule has 2 aromatic rings. The van der Waals surface area contributed by atoms with E-state index in [1.807, 2.05) is 0 Å². The molecular weight excluding hydrogens is 1060 g/mol. The topological polar surface area (TPSA) is 235 Å². The van der Waals surface area contributed by atoms with Gasteiger partial charge in [-0.1, -0.05) is 43.7 Å². The van der Waals surface area contributed by atoms with Crippen LogP contribution in [0.1, 0.15) is 45.7 Å². The van der Waals surface area contributed by atoms with E-state index in [0.717, 1.165) is 6.07 Å². The van der Waals surface area contributed by atoms with Crippen molar-refractivity contribution < 1.29 is 145 Å². The zero-order valence-corrected chi connectivity index (χ0v) is 44.9. The minimum atomic E-state index is -4.82. The maximum absolute atomic E-state index is 11.9. The number of hydrogen-bond acceptors (Lipinski definition) is 13. The quantitative estimate of drug-likeness (QED) is 0.0638. The van der Waals surface area contributed by atoms with Gasteiger partial charge in [0.15, 0.2) is 12.3 Å². The second-order valence-electron chi connectivity index (χ2n) is 13.1. The predicted molar refractivity (Wildman–Crippen MR) is 207 cm³/mol. The smallest absolute Gasteiger partial charge is 0.748 e. The Morgan fingerprint density at radius 1 is 0.836 bits per heavy atom. The van der Waals surface area contributed by atoms with Crippen LogP contribution >= 0.6 is 45.2 Å². The van der Waals surface area contributed by atoms with Crippen molar-refractivity contribution in [3.63, 3.8) is 0 Å². The van der Waals surface area contributed by atoms with Gasteiger partial charge in [-0.15, -0.1) is 0 Å². The van der Waals surface area contributed by atoms with Crippen LogP contribution in [0.5, 0.6) is 0 Å². The molecule has 0 bridgehead atoms. The van der Waals surface area contributed by atoms with Crippen LogP contribution in [0, 0.1) is 7.14 Å². The van der Waals surface area contributed by atoms with Gasteiger partial charge in [-0.05, 0) is 95.8 Å². The average Bonchev–Trinajstić information content (AvgIpc) is 3.30. The fourth-order valence-corrected chi connectivity index (χ4v) is 11.5. The van der Waals surface area contributed by atoms with E-state index in [-0.39, 0.29) is 109 Å². The number of anilines is 1. The monoisotopic (exact) mass is 1090 g/mol. The fourth-order valence-electron chi connectivity index (χ4n) is 6.34. The Hall–Kier alpha value is 0.970. The van der Waals surface area contributed by atoms with Crippen LogP contribution in [0.4, 0.5) is 11.4 Å². The average molecular weight is 1090 g/mol. The molecule has 0 unspecified atom stereocenters. The van der Waals surface area contributed by atoms with Crippen molar-refractivity contribution >= 4 is 103 Å². The first-order valence-corrected chi connectivity index (χ1v) is 23.3. The molecule has 0 aromatic heterocycles. The molecule has 14 nitrogen and oxygen atoms in total. The molecule has 23 heteroatoms. The van der Waals surface area contributed by atoms with Crippen molar-refractivity contribution in [2.24, 2.45) is 0 Å². The van der Waals surface area contributed by atoms with Gasteiger partial charge in [-0.3, -0.25) is 0 Å². The summed E-state index contributed by atoms with van der Waals surface area (Å²) in [5.74, 6) is -1.45. The molecule has 0 saturated carbocycles. The summed E-state index contributed by atoms with van der Waals surface area (Å²) in [4.78, 5) is 0.781. The summed E-state index contributed by atoms with van der Waals surface area (Å²) in [6, 6.07) is 5.32. The molecule has 284 valence electrons. The van der Waals surface area contributed by atoms with Gasteiger partial charge in [0.05, 0.1) is 42.4 Å². The van der Waals surface area contributed by atoms with Crippen molar-refractivity contribution in [3.05, 3.63) is 90.3 Å². The molecule has 2 aliphatic heterocycles. The number of allylic oxidation sites excluding steroid dienone is 8. The zero-order chi connectivity index (χ0) is 39.4. The van der Waals surface area contributed by atoms with E-state index in [1.165, 1.54) is 18.2 Å². The Kier molecular flexibility index (Phi) is 19.4. The molecule has 2 aromatic carbocycles. The van der Waals surface area contributed by atoms with Crippen molar-refractivity contribution in [1.29, 1.82) is 0 Å². The van der Waals surface area contributed by atoms with Gasteiger partial charge in [-0.25, -0.2) is 33.7 Å². The van der Waals surface area contributed by atoms with Crippen LogP contribution in [0.3, 0.4) is 0 Å². The van der Waals surface area contributed by atoms with E-state index < -0.39 is 72.6 Å². The van der Waals surface area contributed by atoms with Gasteiger partial charge < -0.3 is 23.1 Å². The third-order valence-corrected chi connectivity index (χ3v) is 14.6. The number of halogens is 2. The van der Waals surface area contributed by atoms with Crippen LogP contribution in [0.2, 0.25) is 0 Å². The van der Waals surface area contributed by atoms with Gasteiger partial charge >= 0.3 is 88.7 Å². The Balaban J connectivity index is 0.00000504. The van der Waals surface area contributed by atoms with Gasteiger partial charge in [0.25, 0.3) is 0 Å². The second-order valence-corrected chi connectivity index (χ2v) is 21.1. The SMILES string of the molecule is CC(/C=C/C=C1/N(CCS(=O)(=O)[O-])c2cc([131I])c(S(=O)(=O)[O-])cc2C1(C)C)=C\C=C\C1=[N+](CCS(=O)(=O)[O-])c2ccc(S(=O)(=O)[O-])c([124I])c2C1(C)C.[Na+].[Na+].[Na+]. The molecule has 4 rings (SSSR count). The van der Waals surface area contributed by atoms with Crippen molar-refractivity contribution in [2.45, 2.75) is 55.2 Å². The van der Waals surface area contributed by atoms with Crippen LogP contribution in [0.25, 0.3) is 0 Å². The molecule has 0 aliphatic carbocycles. The van der Waals surface area contributed by atoms with E-state index in [9.17, 15) is 51.9 Å². The molecule has 0 atom stereocenters. The second kappa shape index (κ2) is 19.8. The molecule has 2 aliphatic rings. The molecule has 0 N–H and O–H groups in total. The largest absolute Gasteiger partial charge is 1.00 e. The first kappa shape index (κ1) is 54.0. The van der Waals surface area contributed by atoms with Crippen LogP contribution in [-0.4, -0.2) is 86.8 Å². The fraction of sp³-hybridized carbons (Fsp3) is 0.344. The standard InChI is InChI=1S/C32H36I2N2O12S4.3Na/c1-20(8-6-10-27-31(2,3)21-18-26(52(46,47)48)22(33)19-24(21)36(27)15-17-50(40,41)42)9-7-11-28-32(4,5)29-23(35(28)14-16-49(37,38)39)12-13-25(30(29)34)51(43,44)45;;;/h6-13,18-19H,14-17H2,1-5H3,(H3-,37,38,39,40,41,42,43,44,45,46,47,48);;;/q;3*+1/p-3/i33+4,34-3;;;. The van der Waals surface area contributed by atoms with Gasteiger partial charge in [0, 0.05) is 42.6 Å². The number of rotatable bonds is 12. The molecule has 0 amide bonds. The molecule has 0 fully saturated rings. The summed E-state index contributed by atoms with van der Waals surface area (Å²) >= 11 is 3.50. The van der Waals surface area contributed by atoms with E-state index in [4.69, 9.17) is 0 Å². The van der Waals surface area contributed by atoms with Crippen molar-refractivity contribution in [1.82, 2.24) is 0 Å². The molecule has 0 radical (unpaired) electrons. The molecule has 2 heterocycles. The summed E-state index contributed by atoms with van der Waals surface area (Å²) in [7, 11) is -18.9. The Labute approximate surface area is 416 Å². The third kappa shape index (κ3) is 12.8. The van der Waals surface area contributed by atoms with Gasteiger partial charge in [-0.2, -0.15) is 4.58 Å². The Morgan fingerprint density at radius 2 is 1.40 bits per heavy atom. The van der Waals surface area contributed by atoms with Gasteiger partial charge in [0.2, 0.25) is 5.69 Å². The predicted octanol–water partition coefficient (Wildman–Crippen LogP) is -5.08. The maximum Gasteiger partial charge on any atom is 1.00 e. The Bertz CT molecular complexity index is 2460. The minimum Gasteiger partial charge on any atom is -0.748 e. The maximum atomic E-state index is 11.9. The van der Waals surface area contributed by atoms with E-state index in [1.54, 1.807) is 126 Å². The van der Waals surface area contributed by atoms with E-state index in [2.05, 4.69) is 0 Å². The van der Waals surface area contributed by atoms with Crippen molar-refractivity contribution in [2.75, 3.05) is 29.5 Å². The van der Waals surface area contributed by atoms with Crippen LogP contribution in [-0.2, 0) is 51.3 Å². The molecule has 0 spiro atoms. The first-order chi connectivity index (χ1) is 23.6. The normalized spacial score (nSPS) is 17.6. The van der Waals surface area contributed by atoms with Gasteiger partial charge in [0.1, 0.15) is 30.4 Å². The number of benzene rings is 2. The summed E-state index contributed by atoms with van der Waals surface area (Å²) < 4.78 is 143. The minimum absolute atomic E-state index is 0. The third-order valence-electron chi connectivity index (χ3n) is 8.77. The Morgan fingerprint density at radius 3 is 1.93 bits per heavy atom. The molecule has 0 saturated heterocycles. The summed E-state index contributed by atoms with van der Waals surface area (Å²) in [5, 5.41) is 0. The number of hydrogen-bond donors (Lipinski definition) is 0. The van der Waals surface area contributed by atoms with Crippen LogP contribution < -0.4 is 93.6 Å². The van der Waals surface area contributed by atoms with E-state index in [0.29, 0.717) is 39.5 Å². The first-order valence-electron chi connectivity index (χ1n) is 15.2.